The van der Waals surface area contributed by atoms with Crippen molar-refractivity contribution in [1.82, 2.24) is 20.1 Å². The summed E-state index contributed by atoms with van der Waals surface area (Å²) in [6.07, 6.45) is 2.71. The Morgan fingerprint density at radius 3 is 2.76 bits per heavy atom. The van der Waals surface area contributed by atoms with Crippen molar-refractivity contribution in [3.8, 4) is 0 Å². The lowest BCUT2D eigenvalue weighted by atomic mass is 9.94. The standard InChI is InChI=1S/C23H33N5O/c1-4-27(5-2)13-14-28-12-11-22-19(7-6-8-20(22)17-28)15-25-23(29)26-21-10-9-18(3)24-16-21/h6-10,16H,4-5,11-15,17H2,1-3H3,(H2,25,26,29). The van der Waals surface area contributed by atoms with Crippen molar-refractivity contribution in [2.75, 3.05) is 38.0 Å². The monoisotopic (exact) mass is 395 g/mol. The third kappa shape index (κ3) is 6.02. The lowest BCUT2D eigenvalue weighted by Crippen LogP contribution is -2.38. The molecule has 0 saturated heterocycles. The summed E-state index contributed by atoms with van der Waals surface area (Å²) in [4.78, 5) is 21.4. The third-order valence-electron chi connectivity index (χ3n) is 5.68. The highest BCUT2D eigenvalue weighted by molar-refractivity contribution is 5.88. The lowest BCUT2D eigenvalue weighted by molar-refractivity contribution is 0.201. The van der Waals surface area contributed by atoms with E-state index < -0.39 is 0 Å². The summed E-state index contributed by atoms with van der Waals surface area (Å²) < 4.78 is 0. The van der Waals surface area contributed by atoms with Crippen molar-refractivity contribution in [2.45, 2.75) is 40.3 Å². The van der Waals surface area contributed by atoms with E-state index in [-0.39, 0.29) is 6.03 Å². The Balaban J connectivity index is 1.54. The minimum Gasteiger partial charge on any atom is -0.334 e. The highest BCUT2D eigenvalue weighted by Crippen LogP contribution is 2.22. The van der Waals surface area contributed by atoms with Gasteiger partial charge in [0.2, 0.25) is 0 Å². The highest BCUT2D eigenvalue weighted by Gasteiger charge is 2.19. The number of hydrogen-bond donors (Lipinski definition) is 2. The molecule has 156 valence electrons. The van der Waals surface area contributed by atoms with Crippen molar-refractivity contribution < 1.29 is 4.79 Å². The van der Waals surface area contributed by atoms with Gasteiger partial charge >= 0.3 is 6.03 Å². The number of rotatable bonds is 8. The average Bonchev–Trinajstić information content (AvgIpc) is 2.74. The number of aryl methyl sites for hydroxylation is 1. The van der Waals surface area contributed by atoms with Crippen LogP contribution in [0.25, 0.3) is 0 Å². The van der Waals surface area contributed by atoms with Crippen LogP contribution in [0.3, 0.4) is 0 Å². The number of anilines is 1. The van der Waals surface area contributed by atoms with E-state index in [1.165, 1.54) is 16.7 Å². The zero-order chi connectivity index (χ0) is 20.6. The van der Waals surface area contributed by atoms with Gasteiger partial charge < -0.3 is 15.5 Å². The normalized spacial score (nSPS) is 13.9. The average molecular weight is 396 g/mol. The van der Waals surface area contributed by atoms with Crippen molar-refractivity contribution in [3.63, 3.8) is 0 Å². The SMILES string of the molecule is CCN(CC)CCN1CCc2c(CNC(=O)Nc3ccc(C)nc3)cccc2C1. The largest absolute Gasteiger partial charge is 0.334 e. The predicted octanol–water partition coefficient (Wildman–Crippen LogP) is 3.41. The summed E-state index contributed by atoms with van der Waals surface area (Å²) in [6, 6.07) is 9.99. The molecule has 29 heavy (non-hydrogen) atoms. The van der Waals surface area contributed by atoms with Crippen LogP contribution in [-0.4, -0.2) is 53.5 Å². The number of urea groups is 1. The second-order valence-electron chi connectivity index (χ2n) is 7.60. The summed E-state index contributed by atoms with van der Waals surface area (Å²) in [7, 11) is 0. The number of nitrogens with one attached hydrogen (secondary N) is 2. The number of fused-ring (bicyclic) bond motifs is 1. The first-order chi connectivity index (χ1) is 14.1. The van der Waals surface area contributed by atoms with Crippen molar-refractivity contribution in [1.29, 1.82) is 0 Å². The number of hydrogen-bond acceptors (Lipinski definition) is 4. The van der Waals surface area contributed by atoms with E-state index in [9.17, 15) is 4.79 Å². The first-order valence-corrected chi connectivity index (χ1v) is 10.6. The second-order valence-corrected chi connectivity index (χ2v) is 7.60. The first kappa shape index (κ1) is 21.3. The Bertz CT molecular complexity index is 801. The van der Waals surface area contributed by atoms with Crippen LogP contribution in [0.4, 0.5) is 10.5 Å². The first-order valence-electron chi connectivity index (χ1n) is 10.6. The Kier molecular flexibility index (Phi) is 7.61. The molecule has 1 aromatic heterocycles. The molecule has 2 N–H and O–H groups in total. The van der Waals surface area contributed by atoms with E-state index >= 15 is 0 Å². The molecule has 0 atom stereocenters. The van der Waals surface area contributed by atoms with E-state index in [4.69, 9.17) is 0 Å². The van der Waals surface area contributed by atoms with Crippen LogP contribution in [0, 0.1) is 6.92 Å². The summed E-state index contributed by atoms with van der Waals surface area (Å²) in [6.45, 7) is 13.4. The van der Waals surface area contributed by atoms with E-state index in [2.05, 4.69) is 57.5 Å². The van der Waals surface area contributed by atoms with Gasteiger partial charge in [0.25, 0.3) is 0 Å². The maximum absolute atomic E-state index is 12.2. The van der Waals surface area contributed by atoms with Crippen LogP contribution in [0.1, 0.15) is 36.2 Å². The molecule has 3 rings (SSSR count). The van der Waals surface area contributed by atoms with Gasteiger partial charge in [0, 0.05) is 38.4 Å². The summed E-state index contributed by atoms with van der Waals surface area (Å²) in [5.41, 5.74) is 5.62. The number of aromatic nitrogens is 1. The third-order valence-corrected chi connectivity index (χ3v) is 5.68. The quantitative estimate of drug-likeness (QED) is 0.719. The molecule has 0 bridgehead atoms. The fraction of sp³-hybridized carbons (Fsp3) is 0.478. The highest BCUT2D eigenvalue weighted by atomic mass is 16.2. The van der Waals surface area contributed by atoms with Gasteiger partial charge in [-0.2, -0.15) is 0 Å². The maximum atomic E-state index is 12.2. The molecular formula is C23H33N5O. The number of amides is 2. The molecule has 2 amide bonds. The number of benzene rings is 1. The van der Waals surface area contributed by atoms with Gasteiger partial charge in [-0.05, 0) is 55.3 Å². The van der Waals surface area contributed by atoms with E-state index in [0.717, 1.165) is 51.4 Å². The Morgan fingerprint density at radius 1 is 1.21 bits per heavy atom. The molecule has 0 fully saturated rings. The van der Waals surface area contributed by atoms with Crippen LogP contribution >= 0.6 is 0 Å². The van der Waals surface area contributed by atoms with Crippen LogP contribution in [0.2, 0.25) is 0 Å². The molecule has 0 radical (unpaired) electrons. The molecule has 1 aliphatic heterocycles. The van der Waals surface area contributed by atoms with Crippen LogP contribution in [0.5, 0.6) is 0 Å². The number of pyridine rings is 1. The molecular weight excluding hydrogens is 362 g/mol. The Hall–Kier alpha value is -2.44. The van der Waals surface area contributed by atoms with E-state index in [0.29, 0.717) is 12.2 Å². The number of carbonyl (C=O) groups is 1. The van der Waals surface area contributed by atoms with Gasteiger partial charge in [0.15, 0.2) is 0 Å². The van der Waals surface area contributed by atoms with Gasteiger partial charge in [-0.15, -0.1) is 0 Å². The van der Waals surface area contributed by atoms with Crippen molar-refractivity contribution in [3.05, 3.63) is 58.9 Å². The molecule has 2 aromatic rings. The van der Waals surface area contributed by atoms with Gasteiger partial charge in [0.05, 0.1) is 11.9 Å². The molecule has 1 aromatic carbocycles. The summed E-state index contributed by atoms with van der Waals surface area (Å²) >= 11 is 0. The zero-order valence-electron chi connectivity index (χ0n) is 17.9. The molecule has 0 saturated carbocycles. The molecule has 0 aliphatic carbocycles. The minimum absolute atomic E-state index is 0.204. The van der Waals surface area contributed by atoms with Crippen LogP contribution in [-0.2, 0) is 19.5 Å². The van der Waals surface area contributed by atoms with Gasteiger partial charge in [-0.1, -0.05) is 32.0 Å². The van der Waals surface area contributed by atoms with Gasteiger partial charge in [-0.3, -0.25) is 9.88 Å². The van der Waals surface area contributed by atoms with Crippen LogP contribution < -0.4 is 10.6 Å². The van der Waals surface area contributed by atoms with Gasteiger partial charge in [0.1, 0.15) is 0 Å². The Labute approximate surface area is 174 Å². The van der Waals surface area contributed by atoms with Crippen molar-refractivity contribution in [2.24, 2.45) is 0 Å². The number of nitrogens with zero attached hydrogens (tertiary/aromatic N) is 3. The molecule has 0 unspecified atom stereocenters. The predicted molar refractivity (Wildman–Crippen MR) is 118 cm³/mol. The molecule has 6 nitrogen and oxygen atoms in total. The molecule has 1 aliphatic rings. The molecule has 2 heterocycles. The van der Waals surface area contributed by atoms with Crippen LogP contribution in [0.15, 0.2) is 36.5 Å². The summed E-state index contributed by atoms with van der Waals surface area (Å²) in [5, 5.41) is 5.82. The molecule has 0 spiro atoms. The fourth-order valence-corrected chi connectivity index (χ4v) is 3.82. The van der Waals surface area contributed by atoms with E-state index in [1.807, 2.05) is 19.1 Å². The lowest BCUT2D eigenvalue weighted by Gasteiger charge is -2.31. The van der Waals surface area contributed by atoms with Gasteiger partial charge in [-0.25, -0.2) is 4.79 Å². The smallest absolute Gasteiger partial charge is 0.319 e. The van der Waals surface area contributed by atoms with E-state index in [1.54, 1.807) is 6.20 Å². The maximum Gasteiger partial charge on any atom is 0.319 e. The minimum atomic E-state index is -0.204. The topological polar surface area (TPSA) is 60.5 Å². The fourth-order valence-electron chi connectivity index (χ4n) is 3.82. The van der Waals surface area contributed by atoms with Crippen molar-refractivity contribution >= 4 is 11.7 Å². The second kappa shape index (κ2) is 10.4. The number of carbonyl (C=O) groups excluding carboxylic acids is 1. The number of likely N-dealkylation sites (N-methyl/N-ethyl adjacent to an activating group) is 1. The zero-order valence-corrected chi connectivity index (χ0v) is 17.9. The molecule has 6 heteroatoms. The Morgan fingerprint density at radius 2 is 2.03 bits per heavy atom. The summed E-state index contributed by atoms with van der Waals surface area (Å²) in [5.74, 6) is 0.